The maximum absolute atomic E-state index is 12.2. The van der Waals surface area contributed by atoms with E-state index < -0.39 is 5.91 Å². The minimum Gasteiger partial charge on any atom is -0.393 e. The van der Waals surface area contributed by atoms with Gasteiger partial charge < -0.3 is 21.5 Å². The van der Waals surface area contributed by atoms with Gasteiger partial charge in [0.15, 0.2) is 0 Å². The van der Waals surface area contributed by atoms with E-state index in [1.165, 1.54) is 0 Å². The summed E-state index contributed by atoms with van der Waals surface area (Å²) in [5, 5.41) is 18.6. The number of aliphatic hydroxyl groups is 1. The van der Waals surface area contributed by atoms with Crippen LogP contribution in [0, 0.1) is 0 Å². The molecule has 0 unspecified atom stereocenters. The largest absolute Gasteiger partial charge is 0.393 e. The molecule has 8 nitrogen and oxygen atoms in total. The number of nitrogens with one attached hydrogen (secondary N) is 2. The minimum atomic E-state index is -0.479. The average molecular weight is 483 g/mol. The second-order valence-corrected chi connectivity index (χ2v) is 9.15. The maximum atomic E-state index is 12.2. The van der Waals surface area contributed by atoms with Gasteiger partial charge in [0.05, 0.1) is 35.4 Å². The Labute approximate surface area is 210 Å². The molecule has 2 aromatic carbocycles. The van der Waals surface area contributed by atoms with E-state index in [0.29, 0.717) is 11.3 Å². The number of primary amides is 1. The van der Waals surface area contributed by atoms with Gasteiger partial charge in [-0.15, -0.1) is 0 Å². The summed E-state index contributed by atoms with van der Waals surface area (Å²) in [5.74, 6) is 0.251. The molecule has 0 saturated heterocycles. The van der Waals surface area contributed by atoms with Crippen LogP contribution in [0.25, 0.3) is 33.3 Å². The smallest absolute Gasteiger partial charge is 0.250 e. The highest BCUT2D eigenvalue weighted by Crippen LogP contribution is 2.35. The highest BCUT2D eigenvalue weighted by atomic mass is 16.3. The number of aromatic nitrogens is 3. The topological polar surface area (TPSA) is 126 Å². The summed E-state index contributed by atoms with van der Waals surface area (Å²) in [6, 6.07) is 13.8. The standard InChI is InChI=1S/C28H30N6O2/c1-2-31-26-16-30-15-25(34-26)21-4-3-5-22-20(21)12-13-32-27(22)17-6-11-23(28(29)36)24(14-17)33-18-7-9-19(35)10-8-18/h3-6,11-16,18-19,33,35H,2,7-10H2,1H3,(H2,29,36)(H,31,34). The fraction of sp³-hybridized carbons (Fsp3) is 0.286. The first kappa shape index (κ1) is 23.7. The van der Waals surface area contributed by atoms with Crippen molar-refractivity contribution in [3.63, 3.8) is 0 Å². The molecule has 1 aliphatic rings. The van der Waals surface area contributed by atoms with Gasteiger partial charge in [-0.05, 0) is 56.2 Å². The number of benzene rings is 2. The summed E-state index contributed by atoms with van der Waals surface area (Å²) < 4.78 is 0. The predicted octanol–water partition coefficient (Wildman–Crippen LogP) is 4.60. The molecule has 5 rings (SSSR count). The fourth-order valence-corrected chi connectivity index (χ4v) is 4.89. The zero-order valence-corrected chi connectivity index (χ0v) is 20.2. The molecule has 2 aromatic heterocycles. The van der Waals surface area contributed by atoms with Gasteiger partial charge in [0.25, 0.3) is 5.91 Å². The number of nitrogens with zero attached hydrogens (tertiary/aromatic N) is 3. The molecule has 0 aliphatic heterocycles. The molecule has 4 aromatic rings. The second kappa shape index (κ2) is 10.3. The highest BCUT2D eigenvalue weighted by Gasteiger charge is 2.21. The van der Waals surface area contributed by atoms with Crippen molar-refractivity contribution in [2.75, 3.05) is 17.2 Å². The van der Waals surface area contributed by atoms with Crippen molar-refractivity contribution in [3.8, 4) is 22.5 Å². The Morgan fingerprint density at radius 1 is 1.08 bits per heavy atom. The predicted molar refractivity (Wildman–Crippen MR) is 143 cm³/mol. The Hall–Kier alpha value is -4.04. The molecule has 0 radical (unpaired) electrons. The molecule has 1 fully saturated rings. The van der Waals surface area contributed by atoms with E-state index in [2.05, 4.69) is 15.6 Å². The van der Waals surface area contributed by atoms with E-state index in [1.807, 2.05) is 43.3 Å². The molecular weight excluding hydrogens is 452 g/mol. The van der Waals surface area contributed by atoms with Crippen LogP contribution in [0.5, 0.6) is 0 Å². The molecule has 184 valence electrons. The number of pyridine rings is 1. The van der Waals surface area contributed by atoms with Crippen molar-refractivity contribution >= 4 is 28.2 Å². The van der Waals surface area contributed by atoms with Crippen LogP contribution in [0.15, 0.2) is 61.1 Å². The number of amides is 1. The lowest BCUT2D eigenvalue weighted by atomic mass is 9.92. The van der Waals surface area contributed by atoms with Crippen molar-refractivity contribution in [1.82, 2.24) is 15.0 Å². The molecule has 0 spiro atoms. The van der Waals surface area contributed by atoms with Gasteiger partial charge in [-0.2, -0.15) is 0 Å². The van der Waals surface area contributed by atoms with Gasteiger partial charge in [-0.3, -0.25) is 14.8 Å². The van der Waals surface area contributed by atoms with E-state index in [-0.39, 0.29) is 12.1 Å². The summed E-state index contributed by atoms with van der Waals surface area (Å²) in [7, 11) is 0. The Balaban J connectivity index is 1.56. The van der Waals surface area contributed by atoms with Crippen LogP contribution in [0.4, 0.5) is 11.5 Å². The zero-order chi connectivity index (χ0) is 25.1. The number of carbonyl (C=O) groups excluding carboxylic acids is 1. The normalized spacial score (nSPS) is 17.6. The Morgan fingerprint density at radius 3 is 2.69 bits per heavy atom. The van der Waals surface area contributed by atoms with Crippen LogP contribution < -0.4 is 16.4 Å². The number of fused-ring (bicyclic) bond motifs is 1. The first-order valence-electron chi connectivity index (χ1n) is 12.4. The number of aliphatic hydroxyl groups excluding tert-OH is 1. The van der Waals surface area contributed by atoms with Crippen molar-refractivity contribution in [2.45, 2.75) is 44.8 Å². The zero-order valence-electron chi connectivity index (χ0n) is 20.2. The minimum absolute atomic E-state index is 0.177. The maximum Gasteiger partial charge on any atom is 0.250 e. The van der Waals surface area contributed by atoms with Gasteiger partial charge in [0.1, 0.15) is 5.82 Å². The molecule has 8 heteroatoms. The number of hydrogen-bond acceptors (Lipinski definition) is 7. The second-order valence-electron chi connectivity index (χ2n) is 9.15. The molecule has 0 bridgehead atoms. The monoisotopic (exact) mass is 482 g/mol. The van der Waals surface area contributed by atoms with E-state index in [9.17, 15) is 9.90 Å². The summed E-state index contributed by atoms with van der Waals surface area (Å²) in [5.41, 5.74) is 10.3. The molecule has 1 aliphatic carbocycles. The van der Waals surface area contributed by atoms with Crippen molar-refractivity contribution in [3.05, 3.63) is 66.6 Å². The van der Waals surface area contributed by atoms with Gasteiger partial charge in [-0.1, -0.05) is 24.3 Å². The summed E-state index contributed by atoms with van der Waals surface area (Å²) >= 11 is 0. The number of anilines is 2. The first-order chi connectivity index (χ1) is 17.5. The van der Waals surface area contributed by atoms with Crippen LogP contribution >= 0.6 is 0 Å². The Kier molecular flexibility index (Phi) is 6.77. The Bertz CT molecular complexity index is 1400. The van der Waals surface area contributed by atoms with Crippen LogP contribution in [0.3, 0.4) is 0 Å². The molecule has 2 heterocycles. The number of hydrogen-bond donors (Lipinski definition) is 4. The van der Waals surface area contributed by atoms with Gasteiger partial charge in [0.2, 0.25) is 0 Å². The summed E-state index contributed by atoms with van der Waals surface area (Å²) in [4.78, 5) is 25.9. The molecule has 5 N–H and O–H groups in total. The third-order valence-electron chi connectivity index (χ3n) is 6.69. The van der Waals surface area contributed by atoms with Crippen LogP contribution in [0.2, 0.25) is 0 Å². The third-order valence-corrected chi connectivity index (χ3v) is 6.69. The van der Waals surface area contributed by atoms with Crippen LogP contribution in [-0.2, 0) is 0 Å². The Morgan fingerprint density at radius 2 is 1.92 bits per heavy atom. The third kappa shape index (κ3) is 4.85. The first-order valence-corrected chi connectivity index (χ1v) is 12.4. The number of rotatable bonds is 7. The van der Waals surface area contributed by atoms with Crippen LogP contribution in [0.1, 0.15) is 43.0 Å². The summed E-state index contributed by atoms with van der Waals surface area (Å²) in [6.07, 6.45) is 8.19. The van der Waals surface area contributed by atoms with Gasteiger partial charge in [-0.25, -0.2) is 4.98 Å². The lowest BCUT2D eigenvalue weighted by Crippen LogP contribution is -2.29. The van der Waals surface area contributed by atoms with Crippen molar-refractivity contribution in [1.29, 1.82) is 0 Å². The summed E-state index contributed by atoms with van der Waals surface area (Å²) in [6.45, 7) is 2.79. The van der Waals surface area contributed by atoms with Gasteiger partial charge in [0, 0.05) is 41.0 Å². The quantitative estimate of drug-likeness (QED) is 0.303. The fourth-order valence-electron chi connectivity index (χ4n) is 4.89. The van der Waals surface area contributed by atoms with Crippen molar-refractivity contribution < 1.29 is 9.90 Å². The molecule has 0 atom stereocenters. The lowest BCUT2D eigenvalue weighted by Gasteiger charge is -2.28. The molecule has 36 heavy (non-hydrogen) atoms. The average Bonchev–Trinajstić information content (AvgIpc) is 2.89. The molecular formula is C28H30N6O2. The number of carbonyl (C=O) groups is 1. The van der Waals surface area contributed by atoms with Crippen molar-refractivity contribution in [2.24, 2.45) is 5.73 Å². The van der Waals surface area contributed by atoms with Crippen LogP contribution in [-0.4, -0.2) is 44.7 Å². The number of nitrogens with two attached hydrogens (primary N) is 1. The molecule has 1 saturated carbocycles. The lowest BCUT2D eigenvalue weighted by molar-refractivity contribution is 0.100. The van der Waals surface area contributed by atoms with Gasteiger partial charge >= 0.3 is 0 Å². The van der Waals surface area contributed by atoms with E-state index in [1.54, 1.807) is 24.7 Å². The van der Waals surface area contributed by atoms with E-state index >= 15 is 0 Å². The molecule has 1 amide bonds. The van der Waals surface area contributed by atoms with E-state index in [4.69, 9.17) is 15.7 Å². The SMILES string of the molecule is CCNc1cncc(-c2cccc3c(-c4ccc(C(N)=O)c(NC5CCC(O)CC5)c4)nccc23)n1. The van der Waals surface area contributed by atoms with E-state index in [0.717, 1.165) is 71.3 Å². The highest BCUT2D eigenvalue weighted by molar-refractivity contribution is 6.04.